The molecule has 0 radical (unpaired) electrons. The van der Waals surface area contributed by atoms with Crippen molar-refractivity contribution in [3.8, 4) is 39.1 Å². The standard InChI is InChI=1S/C40H23NS/c1-3-16-35-29(12-1)32-20-21-37-39(33-13-2-4-17-36(33)42-37)40(32)41(35)27-11-5-10-25(22-27)26-18-19-28-30-14-6-8-24-9-7-15-31(38(24)30)34(28)23-26/h1-23H. The van der Waals surface area contributed by atoms with Crippen LogP contribution >= 0.6 is 11.3 Å². The van der Waals surface area contributed by atoms with Gasteiger partial charge < -0.3 is 4.57 Å². The van der Waals surface area contributed by atoms with Gasteiger partial charge in [0.2, 0.25) is 0 Å². The van der Waals surface area contributed by atoms with Gasteiger partial charge in [-0.1, -0.05) is 103 Å². The molecule has 0 unspecified atom stereocenters. The van der Waals surface area contributed by atoms with Crippen molar-refractivity contribution in [3.05, 3.63) is 140 Å². The Morgan fingerprint density at radius 1 is 0.429 bits per heavy atom. The van der Waals surface area contributed by atoms with Crippen LogP contribution in [0.4, 0.5) is 0 Å². The smallest absolute Gasteiger partial charge is 0.0634 e. The van der Waals surface area contributed by atoms with Crippen molar-refractivity contribution in [2.45, 2.75) is 0 Å². The number of rotatable bonds is 2. The Kier molecular flexibility index (Phi) is 4.39. The molecule has 0 fully saturated rings. The Bertz CT molecular complexity index is 2570. The molecule has 0 saturated carbocycles. The zero-order valence-electron chi connectivity index (χ0n) is 22.6. The molecule has 9 aromatic rings. The van der Waals surface area contributed by atoms with Crippen LogP contribution in [0.1, 0.15) is 0 Å². The lowest BCUT2D eigenvalue weighted by Gasteiger charge is -2.12. The van der Waals surface area contributed by atoms with Gasteiger partial charge in [-0.2, -0.15) is 0 Å². The van der Waals surface area contributed by atoms with Gasteiger partial charge in [-0.3, -0.25) is 0 Å². The van der Waals surface area contributed by atoms with E-state index in [1.165, 1.54) is 91.8 Å². The van der Waals surface area contributed by atoms with E-state index in [-0.39, 0.29) is 0 Å². The lowest BCUT2D eigenvalue weighted by atomic mass is 9.97. The van der Waals surface area contributed by atoms with E-state index in [9.17, 15) is 0 Å². The largest absolute Gasteiger partial charge is 0.309 e. The fraction of sp³-hybridized carbons (Fsp3) is 0. The zero-order valence-corrected chi connectivity index (χ0v) is 23.5. The van der Waals surface area contributed by atoms with Crippen LogP contribution < -0.4 is 0 Å². The van der Waals surface area contributed by atoms with E-state index < -0.39 is 0 Å². The molecule has 0 N–H and O–H groups in total. The highest BCUT2D eigenvalue weighted by atomic mass is 32.1. The quantitative estimate of drug-likeness (QED) is 0.202. The van der Waals surface area contributed by atoms with E-state index >= 15 is 0 Å². The fourth-order valence-electron chi connectivity index (χ4n) is 7.33. The maximum Gasteiger partial charge on any atom is 0.0634 e. The van der Waals surface area contributed by atoms with Crippen LogP contribution in [0.2, 0.25) is 0 Å². The lowest BCUT2D eigenvalue weighted by molar-refractivity contribution is 1.19. The molecular weight excluding hydrogens is 527 g/mol. The molecule has 2 heterocycles. The summed E-state index contributed by atoms with van der Waals surface area (Å²) in [5, 5.41) is 7.95. The number of hydrogen-bond donors (Lipinski definition) is 0. The number of para-hydroxylation sites is 1. The van der Waals surface area contributed by atoms with Crippen LogP contribution in [0.15, 0.2) is 140 Å². The summed E-state index contributed by atoms with van der Waals surface area (Å²) in [6.45, 7) is 0. The van der Waals surface area contributed by atoms with Crippen molar-refractivity contribution < 1.29 is 0 Å². The second-order valence-corrected chi connectivity index (χ2v) is 12.4. The molecule has 0 aliphatic heterocycles. The molecule has 2 aromatic heterocycles. The average molecular weight is 550 g/mol. The molecule has 2 heteroatoms. The third-order valence-electron chi connectivity index (χ3n) is 9.12. The molecule has 1 aliphatic carbocycles. The second kappa shape index (κ2) is 8.19. The van der Waals surface area contributed by atoms with Gasteiger partial charge in [0.1, 0.15) is 0 Å². The number of hydrogen-bond acceptors (Lipinski definition) is 1. The van der Waals surface area contributed by atoms with Crippen LogP contribution in [0.5, 0.6) is 0 Å². The van der Waals surface area contributed by atoms with Gasteiger partial charge >= 0.3 is 0 Å². The molecule has 1 aliphatic rings. The van der Waals surface area contributed by atoms with Crippen LogP contribution in [0, 0.1) is 0 Å². The molecular formula is C40H23NS. The van der Waals surface area contributed by atoms with E-state index in [4.69, 9.17) is 0 Å². The van der Waals surface area contributed by atoms with Crippen LogP contribution in [0.25, 0.3) is 91.8 Å². The van der Waals surface area contributed by atoms with Crippen LogP contribution in [-0.4, -0.2) is 4.57 Å². The van der Waals surface area contributed by atoms with Crippen LogP contribution in [-0.2, 0) is 0 Å². The Morgan fingerprint density at radius 3 is 2.10 bits per heavy atom. The van der Waals surface area contributed by atoms with Crippen molar-refractivity contribution in [1.29, 1.82) is 0 Å². The fourth-order valence-corrected chi connectivity index (χ4v) is 8.44. The monoisotopic (exact) mass is 549 g/mol. The molecule has 0 saturated heterocycles. The van der Waals surface area contributed by atoms with E-state index in [2.05, 4.69) is 144 Å². The topological polar surface area (TPSA) is 4.93 Å². The normalized spacial score (nSPS) is 12.3. The predicted octanol–water partition coefficient (Wildman–Crippen LogP) is 11.6. The molecule has 0 bridgehead atoms. The lowest BCUT2D eigenvalue weighted by Crippen LogP contribution is -1.95. The highest BCUT2D eigenvalue weighted by Gasteiger charge is 2.22. The maximum atomic E-state index is 2.49. The number of nitrogens with zero attached hydrogens (tertiary/aromatic N) is 1. The summed E-state index contributed by atoms with van der Waals surface area (Å²) < 4.78 is 5.15. The molecule has 1 nitrogen and oxygen atoms in total. The SMILES string of the molecule is c1cc(-c2ccc3c(c2)-c2cccc4cccc-3c24)cc(-n2c3ccccc3c3ccc4sc5ccccc5c4c32)c1. The number of thiophene rings is 1. The van der Waals surface area contributed by atoms with Crippen molar-refractivity contribution >= 4 is 64.1 Å². The molecule has 10 rings (SSSR count). The summed E-state index contributed by atoms with van der Waals surface area (Å²) in [7, 11) is 0. The van der Waals surface area contributed by atoms with Crippen molar-refractivity contribution in [2.24, 2.45) is 0 Å². The molecule has 7 aromatic carbocycles. The summed E-state index contributed by atoms with van der Waals surface area (Å²) in [6.07, 6.45) is 0. The van der Waals surface area contributed by atoms with Crippen molar-refractivity contribution in [3.63, 3.8) is 0 Å². The van der Waals surface area contributed by atoms with Gasteiger partial charge in [0, 0.05) is 36.6 Å². The van der Waals surface area contributed by atoms with Gasteiger partial charge in [0.15, 0.2) is 0 Å². The first-order valence-electron chi connectivity index (χ1n) is 14.4. The van der Waals surface area contributed by atoms with Crippen LogP contribution in [0.3, 0.4) is 0 Å². The minimum atomic E-state index is 1.19. The van der Waals surface area contributed by atoms with Gasteiger partial charge in [0.05, 0.1) is 11.0 Å². The summed E-state index contributed by atoms with van der Waals surface area (Å²) in [6, 6.07) is 51.7. The molecule has 194 valence electrons. The number of aromatic nitrogens is 1. The number of benzene rings is 7. The molecule has 0 amide bonds. The van der Waals surface area contributed by atoms with Crippen molar-refractivity contribution in [2.75, 3.05) is 0 Å². The summed E-state index contributed by atoms with van der Waals surface area (Å²) in [5.74, 6) is 0. The van der Waals surface area contributed by atoms with Gasteiger partial charge in [-0.25, -0.2) is 0 Å². The third-order valence-corrected chi connectivity index (χ3v) is 10.3. The summed E-state index contributed by atoms with van der Waals surface area (Å²) in [4.78, 5) is 0. The molecule has 42 heavy (non-hydrogen) atoms. The third kappa shape index (κ3) is 2.92. The zero-order chi connectivity index (χ0) is 27.4. The van der Waals surface area contributed by atoms with Gasteiger partial charge in [-0.05, 0) is 80.6 Å². The minimum Gasteiger partial charge on any atom is -0.309 e. The first-order chi connectivity index (χ1) is 20.8. The first-order valence-corrected chi connectivity index (χ1v) is 15.3. The van der Waals surface area contributed by atoms with Gasteiger partial charge in [0.25, 0.3) is 0 Å². The Labute approximate surface area is 246 Å². The second-order valence-electron chi connectivity index (χ2n) is 11.3. The molecule has 0 atom stereocenters. The Balaban J connectivity index is 1.23. The Hall–Kier alpha value is -5.18. The molecule has 0 spiro atoms. The number of fused-ring (bicyclic) bond motifs is 10. The first kappa shape index (κ1) is 22.5. The van der Waals surface area contributed by atoms with E-state index in [0.717, 1.165) is 0 Å². The van der Waals surface area contributed by atoms with E-state index in [1.54, 1.807) is 0 Å². The maximum absolute atomic E-state index is 2.49. The Morgan fingerprint density at radius 2 is 1.19 bits per heavy atom. The summed E-state index contributed by atoms with van der Waals surface area (Å²) >= 11 is 1.88. The van der Waals surface area contributed by atoms with Gasteiger partial charge in [-0.15, -0.1) is 11.3 Å². The average Bonchev–Trinajstić information content (AvgIpc) is 3.70. The highest BCUT2D eigenvalue weighted by Crippen LogP contribution is 2.48. The minimum absolute atomic E-state index is 1.19. The summed E-state index contributed by atoms with van der Waals surface area (Å²) in [5.41, 5.74) is 11.5. The van der Waals surface area contributed by atoms with Crippen molar-refractivity contribution in [1.82, 2.24) is 4.57 Å². The van der Waals surface area contributed by atoms with E-state index in [1.807, 2.05) is 11.3 Å². The highest BCUT2D eigenvalue weighted by molar-refractivity contribution is 7.26. The van der Waals surface area contributed by atoms with E-state index in [0.29, 0.717) is 0 Å². The predicted molar refractivity (Wildman–Crippen MR) is 181 cm³/mol.